The summed E-state index contributed by atoms with van der Waals surface area (Å²) in [5, 5.41) is 3.38. The van der Waals surface area contributed by atoms with Crippen LogP contribution in [-0.4, -0.2) is 28.2 Å². The molecule has 0 unspecified atom stereocenters. The maximum atomic E-state index is 5.02. The van der Waals surface area contributed by atoms with Crippen LogP contribution in [0.15, 0.2) is 30.7 Å². The molecule has 0 atom stereocenters. The van der Waals surface area contributed by atoms with Gasteiger partial charge in [-0.3, -0.25) is 0 Å². The van der Waals surface area contributed by atoms with Gasteiger partial charge in [0.05, 0.1) is 7.11 Å². The Hall–Kier alpha value is -1.88. The van der Waals surface area contributed by atoms with Gasteiger partial charge in [-0.05, 0) is 12.5 Å². The molecule has 5 heteroatoms. The minimum atomic E-state index is 0.646. The Morgan fingerprint density at radius 2 is 2.22 bits per heavy atom. The maximum absolute atomic E-state index is 5.02. The standard InChI is InChI=1S/C13H18N4O/c1-11-15-6-8-17(11)7-5-14-9-12-3-4-13(18-2)16-10-12/h3-4,6,8,10,14H,5,7,9H2,1-2H3. The molecule has 0 fully saturated rings. The fraction of sp³-hybridized carbons (Fsp3) is 0.385. The number of hydrogen-bond acceptors (Lipinski definition) is 4. The van der Waals surface area contributed by atoms with Gasteiger partial charge in [0, 0.05) is 44.3 Å². The lowest BCUT2D eigenvalue weighted by Crippen LogP contribution is -2.19. The van der Waals surface area contributed by atoms with Gasteiger partial charge in [0.15, 0.2) is 0 Å². The van der Waals surface area contributed by atoms with Gasteiger partial charge in [-0.2, -0.15) is 0 Å². The largest absolute Gasteiger partial charge is 0.481 e. The van der Waals surface area contributed by atoms with Crippen molar-refractivity contribution in [3.8, 4) is 5.88 Å². The molecule has 18 heavy (non-hydrogen) atoms. The van der Waals surface area contributed by atoms with Gasteiger partial charge >= 0.3 is 0 Å². The van der Waals surface area contributed by atoms with Crippen molar-refractivity contribution in [1.29, 1.82) is 0 Å². The van der Waals surface area contributed by atoms with Gasteiger partial charge in [-0.15, -0.1) is 0 Å². The molecule has 1 N–H and O–H groups in total. The number of pyridine rings is 1. The van der Waals surface area contributed by atoms with E-state index in [1.54, 1.807) is 7.11 Å². The second kappa shape index (κ2) is 6.16. The summed E-state index contributed by atoms with van der Waals surface area (Å²) < 4.78 is 7.14. The number of aryl methyl sites for hydroxylation is 1. The second-order valence-corrected chi connectivity index (χ2v) is 4.05. The summed E-state index contributed by atoms with van der Waals surface area (Å²) in [4.78, 5) is 8.35. The van der Waals surface area contributed by atoms with Crippen LogP contribution in [0.1, 0.15) is 11.4 Å². The molecule has 0 saturated heterocycles. The summed E-state index contributed by atoms with van der Waals surface area (Å²) in [5.74, 6) is 1.69. The fourth-order valence-corrected chi connectivity index (χ4v) is 1.71. The van der Waals surface area contributed by atoms with Crippen molar-refractivity contribution in [3.63, 3.8) is 0 Å². The van der Waals surface area contributed by atoms with Crippen LogP contribution in [0.2, 0.25) is 0 Å². The van der Waals surface area contributed by atoms with E-state index in [9.17, 15) is 0 Å². The van der Waals surface area contributed by atoms with Crippen LogP contribution in [0.25, 0.3) is 0 Å². The zero-order chi connectivity index (χ0) is 12.8. The zero-order valence-electron chi connectivity index (χ0n) is 10.8. The van der Waals surface area contributed by atoms with E-state index in [0.29, 0.717) is 5.88 Å². The molecule has 0 radical (unpaired) electrons. The third kappa shape index (κ3) is 3.30. The Balaban J connectivity index is 1.73. The van der Waals surface area contributed by atoms with E-state index in [4.69, 9.17) is 4.74 Å². The molecule has 0 aromatic carbocycles. The highest BCUT2D eigenvalue weighted by molar-refractivity contribution is 5.17. The van der Waals surface area contributed by atoms with Crippen molar-refractivity contribution in [2.45, 2.75) is 20.0 Å². The molecule has 2 rings (SSSR count). The van der Waals surface area contributed by atoms with Crippen LogP contribution in [-0.2, 0) is 13.1 Å². The number of hydrogen-bond donors (Lipinski definition) is 1. The van der Waals surface area contributed by atoms with E-state index in [-0.39, 0.29) is 0 Å². The third-order valence-electron chi connectivity index (χ3n) is 2.79. The number of methoxy groups -OCH3 is 1. The molecule has 0 aliphatic heterocycles. The molecule has 0 saturated carbocycles. The number of rotatable bonds is 6. The first kappa shape index (κ1) is 12.6. The van der Waals surface area contributed by atoms with Crippen LogP contribution in [0.4, 0.5) is 0 Å². The van der Waals surface area contributed by atoms with E-state index < -0.39 is 0 Å². The highest BCUT2D eigenvalue weighted by Crippen LogP contribution is 2.06. The van der Waals surface area contributed by atoms with Crippen molar-refractivity contribution in [3.05, 3.63) is 42.1 Å². The van der Waals surface area contributed by atoms with Crippen LogP contribution < -0.4 is 10.1 Å². The van der Waals surface area contributed by atoms with Crippen molar-refractivity contribution in [1.82, 2.24) is 19.9 Å². The molecule has 0 bridgehead atoms. The van der Waals surface area contributed by atoms with Crippen molar-refractivity contribution in [2.24, 2.45) is 0 Å². The molecule has 0 aliphatic rings. The lowest BCUT2D eigenvalue weighted by molar-refractivity contribution is 0.397. The van der Waals surface area contributed by atoms with E-state index in [1.165, 1.54) is 0 Å². The first-order valence-electron chi connectivity index (χ1n) is 5.97. The van der Waals surface area contributed by atoms with Gasteiger partial charge in [-0.25, -0.2) is 9.97 Å². The monoisotopic (exact) mass is 246 g/mol. The second-order valence-electron chi connectivity index (χ2n) is 4.05. The molecule has 0 amide bonds. The first-order chi connectivity index (χ1) is 8.79. The Morgan fingerprint density at radius 3 is 2.83 bits per heavy atom. The van der Waals surface area contributed by atoms with Crippen LogP contribution in [0, 0.1) is 6.92 Å². The molecule has 2 aromatic heterocycles. The SMILES string of the molecule is COc1ccc(CNCCn2ccnc2C)cn1. The Bertz CT molecular complexity index is 478. The molecule has 2 aromatic rings. The van der Waals surface area contributed by atoms with Gasteiger partial charge in [0.1, 0.15) is 5.82 Å². The fourth-order valence-electron chi connectivity index (χ4n) is 1.71. The average molecular weight is 246 g/mol. The Morgan fingerprint density at radius 1 is 1.33 bits per heavy atom. The molecular formula is C13H18N4O. The number of ether oxygens (including phenoxy) is 1. The van der Waals surface area contributed by atoms with E-state index in [1.807, 2.05) is 37.6 Å². The third-order valence-corrected chi connectivity index (χ3v) is 2.79. The Labute approximate surface area is 107 Å². The summed E-state index contributed by atoms with van der Waals surface area (Å²) in [7, 11) is 1.62. The molecule has 2 heterocycles. The minimum absolute atomic E-state index is 0.646. The Kier molecular flexibility index (Phi) is 4.30. The maximum Gasteiger partial charge on any atom is 0.212 e. The summed E-state index contributed by atoms with van der Waals surface area (Å²) in [5.41, 5.74) is 1.15. The van der Waals surface area contributed by atoms with Crippen LogP contribution >= 0.6 is 0 Å². The predicted octanol–water partition coefficient (Wildman–Crippen LogP) is 1.38. The number of nitrogens with one attached hydrogen (secondary N) is 1. The lowest BCUT2D eigenvalue weighted by Gasteiger charge is -2.07. The molecule has 0 spiro atoms. The number of aromatic nitrogens is 3. The minimum Gasteiger partial charge on any atom is -0.481 e. The first-order valence-corrected chi connectivity index (χ1v) is 5.97. The normalized spacial score (nSPS) is 10.6. The van der Waals surface area contributed by atoms with E-state index in [0.717, 1.165) is 31.0 Å². The quantitative estimate of drug-likeness (QED) is 0.782. The number of imidazole rings is 1. The van der Waals surface area contributed by atoms with Gasteiger partial charge in [0.2, 0.25) is 5.88 Å². The van der Waals surface area contributed by atoms with E-state index in [2.05, 4.69) is 19.9 Å². The summed E-state index contributed by atoms with van der Waals surface area (Å²) in [6.45, 7) is 4.65. The molecular weight excluding hydrogens is 228 g/mol. The summed E-state index contributed by atoms with van der Waals surface area (Å²) >= 11 is 0. The number of nitrogens with zero attached hydrogens (tertiary/aromatic N) is 3. The highest BCUT2D eigenvalue weighted by Gasteiger charge is 1.97. The topological polar surface area (TPSA) is 52.0 Å². The molecule has 96 valence electrons. The smallest absolute Gasteiger partial charge is 0.212 e. The lowest BCUT2D eigenvalue weighted by atomic mass is 10.3. The zero-order valence-corrected chi connectivity index (χ0v) is 10.8. The highest BCUT2D eigenvalue weighted by atomic mass is 16.5. The van der Waals surface area contributed by atoms with Crippen LogP contribution in [0.3, 0.4) is 0 Å². The molecule has 0 aliphatic carbocycles. The molecule has 5 nitrogen and oxygen atoms in total. The van der Waals surface area contributed by atoms with Gasteiger partial charge in [-0.1, -0.05) is 6.07 Å². The van der Waals surface area contributed by atoms with Crippen LogP contribution in [0.5, 0.6) is 5.88 Å². The summed E-state index contributed by atoms with van der Waals surface area (Å²) in [6, 6.07) is 3.89. The van der Waals surface area contributed by atoms with Crippen molar-refractivity contribution in [2.75, 3.05) is 13.7 Å². The van der Waals surface area contributed by atoms with Gasteiger partial charge < -0.3 is 14.6 Å². The van der Waals surface area contributed by atoms with E-state index >= 15 is 0 Å². The summed E-state index contributed by atoms with van der Waals surface area (Å²) in [6.07, 6.45) is 5.64. The van der Waals surface area contributed by atoms with Crippen molar-refractivity contribution >= 4 is 0 Å². The predicted molar refractivity (Wildman–Crippen MR) is 69.5 cm³/mol. The van der Waals surface area contributed by atoms with Crippen molar-refractivity contribution < 1.29 is 4.74 Å². The van der Waals surface area contributed by atoms with Gasteiger partial charge in [0.25, 0.3) is 0 Å². The average Bonchev–Trinajstić information content (AvgIpc) is 2.81.